The molecule has 17 heteroatoms. The first-order valence-electron chi connectivity index (χ1n) is 23.5. The topological polar surface area (TPSA) is 250 Å². The van der Waals surface area contributed by atoms with Crippen molar-refractivity contribution in [2.24, 2.45) is 46.3 Å². The molecule has 1 spiro atoms. The van der Waals surface area contributed by atoms with Gasteiger partial charge in [0.2, 0.25) is 6.29 Å². The average Bonchev–Trinajstić information content (AvgIpc) is 3.71. The van der Waals surface area contributed by atoms with Gasteiger partial charge in [-0.25, -0.2) is 0 Å². The van der Waals surface area contributed by atoms with Crippen molar-refractivity contribution in [3.05, 3.63) is 11.6 Å². The molecule has 5 saturated heterocycles. The first-order chi connectivity index (χ1) is 29.5. The van der Waals surface area contributed by atoms with Crippen molar-refractivity contribution in [3.8, 4) is 0 Å². The Bertz CT molecular complexity index is 1630. The van der Waals surface area contributed by atoms with Crippen LogP contribution in [0, 0.1) is 46.3 Å². The fourth-order valence-corrected chi connectivity index (χ4v) is 14.4. The number of nitrogens with zero attached hydrogens (tertiary/aromatic N) is 1. The fraction of sp³-hybridized carbons (Fsp3) is 0.956. The molecule has 0 aromatic rings. The maximum absolute atomic E-state index is 12.0. The van der Waals surface area contributed by atoms with Crippen LogP contribution in [0.2, 0.25) is 0 Å². The number of fused-ring (bicyclic) bond motifs is 7. The van der Waals surface area contributed by atoms with Crippen LogP contribution in [-0.2, 0) is 33.3 Å². The molecule has 5 heterocycles. The number of piperidine rings is 1. The van der Waals surface area contributed by atoms with E-state index in [1.807, 2.05) is 5.06 Å². The number of ether oxygens (including phenoxy) is 6. The highest BCUT2D eigenvalue weighted by Gasteiger charge is 2.70. The molecule has 8 fully saturated rings. The van der Waals surface area contributed by atoms with Crippen LogP contribution < -0.4 is 0 Å². The smallest absolute Gasteiger partial charge is 0.206 e. The van der Waals surface area contributed by atoms with Gasteiger partial charge < -0.3 is 74.4 Å². The molecule has 0 bridgehead atoms. The number of allylic oxidation sites excluding steroid dienone is 2. The van der Waals surface area contributed by atoms with Crippen molar-refractivity contribution in [2.75, 3.05) is 19.8 Å². The van der Waals surface area contributed by atoms with Gasteiger partial charge in [0.25, 0.3) is 0 Å². The molecule has 17 nitrogen and oxygen atoms in total. The highest BCUT2D eigenvalue weighted by atomic mass is 16.8. The minimum absolute atomic E-state index is 0.0312. The lowest BCUT2D eigenvalue weighted by molar-refractivity contribution is -0.430. The molecule has 62 heavy (non-hydrogen) atoms. The highest BCUT2D eigenvalue weighted by molar-refractivity contribution is 5.25. The number of aliphatic hydroxyl groups excluding tert-OH is 9. The summed E-state index contributed by atoms with van der Waals surface area (Å²) in [5.41, 5.74) is 1.26. The van der Waals surface area contributed by atoms with Gasteiger partial charge in [-0.15, -0.1) is 0 Å². The van der Waals surface area contributed by atoms with E-state index in [0.29, 0.717) is 42.1 Å². The molecule has 4 aliphatic carbocycles. The minimum atomic E-state index is -1.83. The maximum Gasteiger partial charge on any atom is 0.206 e. The van der Waals surface area contributed by atoms with E-state index in [9.17, 15) is 46.0 Å². The Morgan fingerprint density at radius 1 is 0.710 bits per heavy atom. The molecule has 0 aromatic carbocycles. The Kier molecular flexibility index (Phi) is 12.9. The Morgan fingerprint density at radius 2 is 1.42 bits per heavy atom. The quantitative estimate of drug-likeness (QED) is 0.150. The van der Waals surface area contributed by atoms with Crippen molar-refractivity contribution in [2.45, 2.75) is 203 Å². The van der Waals surface area contributed by atoms with Crippen molar-refractivity contribution < 1.29 is 79.2 Å². The second-order valence-corrected chi connectivity index (χ2v) is 21.2. The summed E-state index contributed by atoms with van der Waals surface area (Å²) in [5.74, 6) is 2.47. The van der Waals surface area contributed by atoms with E-state index in [1.165, 1.54) is 39.0 Å². The molecule has 25 atom stereocenters. The standard InChI is InChI=1S/C45H73NO16/c1-20-11-15-45(21(2)30-27(61-45)16-26-24-10-9-23-8-6-7-13-43(23,4)25(24)12-14-44(26,30)5)46(17-20)62-41-37(55)38(33(51)29(19-48)57-41)59-42-39(35(53)32(50)28(18-47)58-42)60-40-36(54)34(52)31(49)22(3)56-40/h9,20-22,24-42,47-55H,6-8,10-19H2,1-5H3. The predicted octanol–water partition coefficient (Wildman–Crippen LogP) is 0.436. The maximum atomic E-state index is 12.0. The van der Waals surface area contributed by atoms with Crippen LogP contribution in [0.3, 0.4) is 0 Å². The summed E-state index contributed by atoms with van der Waals surface area (Å²) in [4.78, 5) is 6.71. The lowest BCUT2D eigenvalue weighted by Crippen LogP contribution is -2.67. The molecule has 0 radical (unpaired) electrons. The predicted molar refractivity (Wildman–Crippen MR) is 216 cm³/mol. The van der Waals surface area contributed by atoms with E-state index in [0.717, 1.165) is 25.7 Å². The third-order valence-corrected chi connectivity index (χ3v) is 17.9. The van der Waals surface area contributed by atoms with Gasteiger partial charge in [0.1, 0.15) is 72.9 Å². The zero-order valence-corrected chi connectivity index (χ0v) is 36.8. The van der Waals surface area contributed by atoms with Crippen molar-refractivity contribution >= 4 is 0 Å². The van der Waals surface area contributed by atoms with E-state index in [2.05, 4.69) is 33.8 Å². The molecule has 3 saturated carbocycles. The summed E-state index contributed by atoms with van der Waals surface area (Å²) in [6.07, 6.45) is -9.83. The molecule has 25 unspecified atom stereocenters. The van der Waals surface area contributed by atoms with Crippen LogP contribution >= 0.6 is 0 Å². The van der Waals surface area contributed by atoms with Crippen LogP contribution in [-0.4, -0.2) is 175 Å². The molecule has 9 rings (SSSR count). The SMILES string of the molecule is CC1CCC2(OC3CC4C5CC=C6CCCCC6(C)C5CCC4(C)C3C2C)N(OC2OC(CO)C(O)C(OC3OC(CO)C(O)C(O)C3OC3OC(C)C(O)C(O)C3O)C2O)C1. The van der Waals surface area contributed by atoms with Gasteiger partial charge in [0.05, 0.1) is 25.4 Å². The zero-order valence-electron chi connectivity index (χ0n) is 36.8. The third kappa shape index (κ3) is 7.31. The van der Waals surface area contributed by atoms with Gasteiger partial charge in [0, 0.05) is 12.5 Å². The van der Waals surface area contributed by atoms with E-state index in [1.54, 1.807) is 5.57 Å². The normalized spacial score (nSPS) is 56.8. The van der Waals surface area contributed by atoms with Gasteiger partial charge in [-0.2, -0.15) is 5.06 Å². The fourth-order valence-electron chi connectivity index (χ4n) is 14.4. The summed E-state index contributed by atoms with van der Waals surface area (Å²) in [5, 5.41) is 99.3. The van der Waals surface area contributed by atoms with E-state index >= 15 is 0 Å². The summed E-state index contributed by atoms with van der Waals surface area (Å²) >= 11 is 0. The van der Waals surface area contributed by atoms with E-state index < -0.39 is 111 Å². The van der Waals surface area contributed by atoms with Crippen LogP contribution in [0.5, 0.6) is 0 Å². The Labute approximate surface area is 364 Å². The zero-order chi connectivity index (χ0) is 44.2. The molecule has 9 N–H and O–H groups in total. The largest absolute Gasteiger partial charge is 0.394 e. The van der Waals surface area contributed by atoms with Crippen molar-refractivity contribution in [1.29, 1.82) is 0 Å². The van der Waals surface area contributed by atoms with Crippen LogP contribution in [0.4, 0.5) is 0 Å². The van der Waals surface area contributed by atoms with Crippen LogP contribution in [0.1, 0.15) is 98.8 Å². The van der Waals surface area contributed by atoms with Crippen molar-refractivity contribution in [3.63, 3.8) is 0 Å². The van der Waals surface area contributed by atoms with E-state index in [-0.39, 0.29) is 23.4 Å². The molecule has 0 aromatic heterocycles. The van der Waals surface area contributed by atoms with Gasteiger partial charge in [-0.05, 0) is 105 Å². The lowest BCUT2D eigenvalue weighted by atomic mass is 9.47. The number of hydrogen-bond donors (Lipinski definition) is 9. The second-order valence-electron chi connectivity index (χ2n) is 21.2. The van der Waals surface area contributed by atoms with Crippen LogP contribution in [0.15, 0.2) is 11.6 Å². The second kappa shape index (κ2) is 17.3. The molecular weight excluding hydrogens is 810 g/mol. The number of hydrogen-bond acceptors (Lipinski definition) is 17. The van der Waals surface area contributed by atoms with Crippen LogP contribution in [0.25, 0.3) is 0 Å². The molecule has 354 valence electrons. The summed E-state index contributed by atoms with van der Waals surface area (Å²) in [6, 6.07) is 0. The minimum Gasteiger partial charge on any atom is -0.394 e. The number of rotatable bonds is 8. The summed E-state index contributed by atoms with van der Waals surface area (Å²) in [6.45, 7) is 9.94. The third-order valence-electron chi connectivity index (χ3n) is 17.9. The molecular formula is C45H73NO16. The van der Waals surface area contributed by atoms with E-state index in [4.69, 9.17) is 33.3 Å². The van der Waals surface area contributed by atoms with Gasteiger partial charge in [-0.1, -0.05) is 45.8 Å². The highest BCUT2D eigenvalue weighted by Crippen LogP contribution is 2.71. The van der Waals surface area contributed by atoms with Gasteiger partial charge >= 0.3 is 0 Å². The van der Waals surface area contributed by atoms with Gasteiger partial charge in [-0.3, -0.25) is 4.84 Å². The molecule has 0 amide bonds. The Balaban J connectivity index is 0.945. The Hall–Kier alpha value is -0.940. The average molecular weight is 884 g/mol. The first-order valence-corrected chi connectivity index (χ1v) is 23.5. The van der Waals surface area contributed by atoms with Gasteiger partial charge in [0.15, 0.2) is 12.6 Å². The lowest BCUT2D eigenvalue weighted by Gasteiger charge is -2.58. The summed E-state index contributed by atoms with van der Waals surface area (Å²) in [7, 11) is 0. The first kappa shape index (κ1) is 46.2. The molecule has 5 aliphatic heterocycles. The summed E-state index contributed by atoms with van der Waals surface area (Å²) < 4.78 is 36.9. The monoisotopic (exact) mass is 883 g/mol. The molecule has 9 aliphatic rings. The van der Waals surface area contributed by atoms with Crippen molar-refractivity contribution in [1.82, 2.24) is 5.06 Å². The Morgan fingerprint density at radius 3 is 2.16 bits per heavy atom. The number of aliphatic hydroxyl groups is 9. The number of hydroxylamine groups is 2.